The van der Waals surface area contributed by atoms with Crippen LogP contribution >= 0.6 is 23.2 Å². The highest BCUT2D eigenvalue weighted by Gasteiger charge is 2.74. The number of fused-ring (bicyclic) bond motifs is 1. The minimum absolute atomic E-state index is 0.126. The Hall–Kier alpha value is -2.59. The lowest BCUT2D eigenvalue weighted by molar-refractivity contribution is -0.144. The van der Waals surface area contributed by atoms with E-state index in [1.807, 2.05) is 0 Å². The maximum atomic E-state index is 14.1. The summed E-state index contributed by atoms with van der Waals surface area (Å²) in [7, 11) is 0. The van der Waals surface area contributed by atoms with Gasteiger partial charge >= 0.3 is 6.09 Å². The number of carbonyl (C=O) groups excluding carboxylic acids is 5. The molecule has 42 heavy (non-hydrogen) atoms. The zero-order valence-corrected chi connectivity index (χ0v) is 26.3. The van der Waals surface area contributed by atoms with E-state index in [0.717, 1.165) is 32.1 Å². The second-order valence-corrected chi connectivity index (χ2v) is 13.8. The molecule has 4 amide bonds. The number of carbonyl (C=O) groups is 5. The molecule has 3 fully saturated rings. The first-order valence-electron chi connectivity index (χ1n) is 14.7. The van der Waals surface area contributed by atoms with E-state index in [1.54, 1.807) is 32.9 Å². The van der Waals surface area contributed by atoms with Crippen molar-refractivity contribution in [2.75, 3.05) is 13.1 Å². The maximum absolute atomic E-state index is 14.1. The highest BCUT2D eigenvalue weighted by atomic mass is 35.5. The highest BCUT2D eigenvalue weighted by molar-refractivity contribution is 6.51. The fraction of sp³-hybridized carbons (Fsp3) is 0.700. The molecule has 1 aliphatic heterocycles. The van der Waals surface area contributed by atoms with E-state index >= 15 is 0 Å². The summed E-state index contributed by atoms with van der Waals surface area (Å²) in [6, 6.07) is -3.11. The third-order valence-electron chi connectivity index (χ3n) is 8.09. The van der Waals surface area contributed by atoms with Crippen molar-refractivity contribution < 1.29 is 28.7 Å². The van der Waals surface area contributed by atoms with Crippen molar-refractivity contribution in [1.29, 1.82) is 0 Å². The molecule has 2 saturated carbocycles. The van der Waals surface area contributed by atoms with E-state index in [1.165, 1.54) is 4.90 Å². The van der Waals surface area contributed by atoms with Crippen LogP contribution in [0.4, 0.5) is 4.79 Å². The number of rotatable bonds is 13. The average molecular weight is 628 g/mol. The monoisotopic (exact) mass is 626 g/mol. The van der Waals surface area contributed by atoms with Crippen LogP contribution in [0.1, 0.15) is 72.1 Å². The molecule has 5 unspecified atom stereocenters. The molecule has 10 nitrogen and oxygen atoms in total. The van der Waals surface area contributed by atoms with Crippen molar-refractivity contribution in [1.82, 2.24) is 20.9 Å². The van der Waals surface area contributed by atoms with Crippen molar-refractivity contribution in [3.63, 3.8) is 0 Å². The fourth-order valence-corrected chi connectivity index (χ4v) is 6.77. The Balaban J connectivity index is 1.83. The van der Waals surface area contributed by atoms with Crippen molar-refractivity contribution in [2.24, 2.45) is 17.8 Å². The molecule has 0 bridgehead atoms. The summed E-state index contributed by atoms with van der Waals surface area (Å²) in [6.45, 7) is 12.8. The Labute approximate surface area is 258 Å². The Bertz CT molecular complexity index is 1070. The second-order valence-electron chi connectivity index (χ2n) is 12.4. The molecule has 0 aromatic heterocycles. The van der Waals surface area contributed by atoms with E-state index < -0.39 is 63.6 Å². The van der Waals surface area contributed by atoms with Crippen molar-refractivity contribution >= 4 is 52.8 Å². The number of amides is 4. The molecule has 0 spiro atoms. The van der Waals surface area contributed by atoms with Crippen LogP contribution in [-0.4, -0.2) is 75.6 Å². The average Bonchev–Trinajstić information content (AvgIpc) is 3.24. The number of likely N-dealkylation sites (tertiary alicyclic amines) is 1. The molecule has 234 valence electrons. The van der Waals surface area contributed by atoms with E-state index in [2.05, 4.69) is 29.1 Å². The van der Waals surface area contributed by atoms with Crippen LogP contribution in [0.15, 0.2) is 25.3 Å². The van der Waals surface area contributed by atoms with Crippen molar-refractivity contribution in [2.45, 2.75) is 100 Å². The van der Waals surface area contributed by atoms with Gasteiger partial charge < -0.3 is 25.6 Å². The van der Waals surface area contributed by atoms with Crippen LogP contribution in [0.5, 0.6) is 0 Å². The number of alkyl halides is 2. The third-order valence-corrected chi connectivity index (χ3v) is 9.16. The number of Topliss-reactive ketones (excluding diaryl/α,β-unsaturated/α-hetero) is 1. The molecule has 0 aromatic rings. The lowest BCUT2D eigenvalue weighted by atomic mass is 9.83. The topological polar surface area (TPSA) is 134 Å². The number of halogens is 2. The summed E-state index contributed by atoms with van der Waals surface area (Å²) in [5.41, 5.74) is -0.760. The van der Waals surface area contributed by atoms with Gasteiger partial charge in [0.25, 0.3) is 5.91 Å². The first-order valence-corrected chi connectivity index (χ1v) is 15.5. The van der Waals surface area contributed by atoms with Gasteiger partial charge in [0.1, 0.15) is 22.0 Å². The normalized spacial score (nSPS) is 24.4. The van der Waals surface area contributed by atoms with Crippen LogP contribution in [0.25, 0.3) is 0 Å². The molecule has 1 saturated heterocycles. The molecule has 3 rings (SSSR count). The standard InChI is InChI=1S/C30H44Cl2N4O6/c1-6-8-15-20(24(37)26(39)33-16-9-7-2)34-25(38)23-21-19(30(21,31)32)17-36(23)27(40)22(18-13-11-10-12-14-18)35-28(41)42-29(3,4)5/h6-7,18-23H,1-2,8-17H2,3-5H3,(H,33,39)(H,34,38)(H,35,41). The molecule has 0 radical (unpaired) electrons. The number of ketones is 1. The van der Waals surface area contributed by atoms with Crippen LogP contribution in [0, 0.1) is 17.8 Å². The molecular formula is C30H44Cl2N4O6. The molecule has 2 aliphatic carbocycles. The smallest absolute Gasteiger partial charge is 0.408 e. The summed E-state index contributed by atoms with van der Waals surface area (Å²) in [4.78, 5) is 67.6. The first-order chi connectivity index (χ1) is 19.7. The number of nitrogens with one attached hydrogen (secondary N) is 3. The van der Waals surface area contributed by atoms with Gasteiger partial charge in [-0.2, -0.15) is 0 Å². The van der Waals surface area contributed by atoms with Gasteiger partial charge in [0.15, 0.2) is 0 Å². The number of ether oxygens (including phenoxy) is 1. The Morgan fingerprint density at radius 1 is 1.02 bits per heavy atom. The Morgan fingerprint density at radius 3 is 2.26 bits per heavy atom. The van der Waals surface area contributed by atoms with Gasteiger partial charge in [-0.15, -0.1) is 36.4 Å². The SMILES string of the molecule is C=CCCNC(=O)C(=O)C(CCC=C)NC(=O)C1C2C(CN1C(=O)C(NC(=O)OC(C)(C)C)C1CCCCC1)C2(Cl)Cl. The van der Waals surface area contributed by atoms with Gasteiger partial charge in [-0.1, -0.05) is 31.4 Å². The third kappa shape index (κ3) is 8.28. The van der Waals surface area contributed by atoms with Crippen molar-refractivity contribution in [3.05, 3.63) is 25.3 Å². The minimum atomic E-state index is -1.21. The molecule has 0 aromatic carbocycles. The van der Waals surface area contributed by atoms with E-state index in [4.69, 9.17) is 27.9 Å². The van der Waals surface area contributed by atoms with Crippen LogP contribution < -0.4 is 16.0 Å². The molecule has 12 heteroatoms. The molecule has 3 aliphatic rings. The zero-order valence-electron chi connectivity index (χ0n) is 24.8. The van der Waals surface area contributed by atoms with Gasteiger partial charge in [0.2, 0.25) is 17.6 Å². The van der Waals surface area contributed by atoms with Crippen LogP contribution in [0.2, 0.25) is 0 Å². The summed E-state index contributed by atoms with van der Waals surface area (Å²) < 4.78 is 4.24. The van der Waals surface area contributed by atoms with Gasteiger partial charge in [-0.3, -0.25) is 19.2 Å². The quantitative estimate of drug-likeness (QED) is 0.123. The predicted molar refractivity (Wildman–Crippen MR) is 161 cm³/mol. The fourth-order valence-electron chi connectivity index (χ4n) is 5.94. The molecular weight excluding hydrogens is 583 g/mol. The Kier molecular flexibility index (Phi) is 11.5. The zero-order chi connectivity index (χ0) is 31.2. The molecule has 3 N–H and O–H groups in total. The van der Waals surface area contributed by atoms with Crippen LogP contribution in [0.3, 0.4) is 0 Å². The summed E-state index contributed by atoms with van der Waals surface area (Å²) in [5, 5.41) is 8.01. The highest BCUT2D eigenvalue weighted by Crippen LogP contribution is 2.65. The Morgan fingerprint density at radius 2 is 1.67 bits per heavy atom. The van der Waals surface area contributed by atoms with Gasteiger partial charge in [0.05, 0.1) is 6.04 Å². The number of hydrogen-bond donors (Lipinski definition) is 3. The van der Waals surface area contributed by atoms with Gasteiger partial charge in [0, 0.05) is 24.9 Å². The lowest BCUT2D eigenvalue weighted by Crippen LogP contribution is -2.60. The van der Waals surface area contributed by atoms with E-state index in [0.29, 0.717) is 12.8 Å². The number of alkyl carbamates (subject to hydrolysis) is 1. The number of allylic oxidation sites excluding steroid dienone is 1. The molecule has 5 atom stereocenters. The van der Waals surface area contributed by atoms with E-state index in [-0.39, 0.29) is 31.3 Å². The van der Waals surface area contributed by atoms with Crippen LogP contribution in [-0.2, 0) is 23.9 Å². The van der Waals surface area contributed by atoms with E-state index in [9.17, 15) is 24.0 Å². The maximum Gasteiger partial charge on any atom is 0.408 e. The second kappa shape index (κ2) is 14.3. The van der Waals surface area contributed by atoms with Gasteiger partial charge in [-0.25, -0.2) is 4.79 Å². The molecule has 1 heterocycles. The summed E-state index contributed by atoms with van der Waals surface area (Å²) >= 11 is 13.0. The largest absolute Gasteiger partial charge is 0.444 e. The number of hydrogen-bond acceptors (Lipinski definition) is 6. The summed E-state index contributed by atoms with van der Waals surface area (Å²) in [5.74, 6) is -3.70. The first kappa shape index (κ1) is 33.9. The number of piperidine rings is 1. The van der Waals surface area contributed by atoms with Gasteiger partial charge in [-0.05, 0) is 58.8 Å². The predicted octanol–water partition coefficient (Wildman–Crippen LogP) is 3.80. The lowest BCUT2D eigenvalue weighted by Gasteiger charge is -2.36. The minimum Gasteiger partial charge on any atom is -0.444 e. The number of nitrogens with zero attached hydrogens (tertiary/aromatic N) is 1. The van der Waals surface area contributed by atoms with Crippen molar-refractivity contribution in [3.8, 4) is 0 Å². The summed E-state index contributed by atoms with van der Waals surface area (Å²) in [6.07, 6.45) is 7.88.